The third-order valence-electron chi connectivity index (χ3n) is 4.98. The maximum Gasteiger partial charge on any atom is 0.326 e. The third-order valence-corrected chi connectivity index (χ3v) is 4.98. The van der Waals surface area contributed by atoms with Crippen molar-refractivity contribution in [2.75, 3.05) is 11.1 Å². The van der Waals surface area contributed by atoms with Crippen LogP contribution in [0.25, 0.3) is 0 Å². The fourth-order valence-electron chi connectivity index (χ4n) is 3.34. The number of nitrogens with one attached hydrogen (secondary N) is 3. The topological polar surface area (TPSA) is 134 Å². The zero-order valence-corrected chi connectivity index (χ0v) is 16.0. The van der Waals surface area contributed by atoms with Gasteiger partial charge in [-0.1, -0.05) is 31.2 Å². The quantitative estimate of drug-likeness (QED) is 0.446. The second-order valence-corrected chi connectivity index (χ2v) is 6.98. The number of nitrogens with two attached hydrogens (primary N) is 1. The van der Waals surface area contributed by atoms with Crippen molar-refractivity contribution in [1.82, 2.24) is 10.6 Å². The van der Waals surface area contributed by atoms with Crippen LogP contribution in [0.2, 0.25) is 0 Å². The summed E-state index contributed by atoms with van der Waals surface area (Å²) in [6.07, 6.45) is 10.2. The van der Waals surface area contributed by atoms with Crippen molar-refractivity contribution >= 4 is 29.2 Å². The van der Waals surface area contributed by atoms with E-state index in [-0.39, 0.29) is 36.3 Å². The monoisotopic (exact) mass is 396 g/mol. The fourth-order valence-corrected chi connectivity index (χ4v) is 3.34. The number of hydrogen-bond acceptors (Lipinski definition) is 5. The molecule has 1 aliphatic heterocycles. The van der Waals surface area contributed by atoms with Gasteiger partial charge in [0.1, 0.15) is 6.04 Å². The standard InChI is InChI=1S/C21H24N4O4/c1-2-19(26)24-17-9-12(7-8-15(17)22)20(27)25-18(21(28)29)10-13-11-23-16-6-4-3-5-14(13)16/h3-9,11,14,16,18,23H,2,10,22H2,1H3,(H,24,26)(H,25,27)(H,28,29). The lowest BCUT2D eigenvalue weighted by atomic mass is 9.88. The van der Waals surface area contributed by atoms with E-state index in [1.54, 1.807) is 6.92 Å². The summed E-state index contributed by atoms with van der Waals surface area (Å²) < 4.78 is 0. The second-order valence-electron chi connectivity index (χ2n) is 6.98. The van der Waals surface area contributed by atoms with Crippen LogP contribution in [0.3, 0.4) is 0 Å². The molecule has 3 rings (SSSR count). The molecule has 8 heteroatoms. The second kappa shape index (κ2) is 8.64. The summed E-state index contributed by atoms with van der Waals surface area (Å²) >= 11 is 0. The predicted molar refractivity (Wildman–Crippen MR) is 110 cm³/mol. The van der Waals surface area contributed by atoms with Gasteiger partial charge in [-0.15, -0.1) is 0 Å². The molecule has 0 fully saturated rings. The number of rotatable bonds is 7. The molecular weight excluding hydrogens is 372 g/mol. The number of anilines is 2. The van der Waals surface area contributed by atoms with E-state index in [4.69, 9.17) is 5.73 Å². The smallest absolute Gasteiger partial charge is 0.326 e. The van der Waals surface area contributed by atoms with Crippen LogP contribution in [0.15, 0.2) is 54.3 Å². The molecule has 0 radical (unpaired) electrons. The molecule has 29 heavy (non-hydrogen) atoms. The molecule has 0 bridgehead atoms. The molecule has 1 aromatic rings. The highest BCUT2D eigenvalue weighted by atomic mass is 16.4. The summed E-state index contributed by atoms with van der Waals surface area (Å²) in [6, 6.07) is 3.47. The van der Waals surface area contributed by atoms with Crippen LogP contribution in [0.4, 0.5) is 11.4 Å². The Hall–Kier alpha value is -3.55. The van der Waals surface area contributed by atoms with E-state index in [9.17, 15) is 19.5 Å². The van der Waals surface area contributed by atoms with Gasteiger partial charge in [-0.3, -0.25) is 9.59 Å². The summed E-state index contributed by atoms with van der Waals surface area (Å²) in [7, 11) is 0. The number of allylic oxidation sites excluding steroid dienone is 2. The molecule has 0 saturated carbocycles. The molecule has 1 aromatic carbocycles. The van der Waals surface area contributed by atoms with Gasteiger partial charge in [-0.25, -0.2) is 4.79 Å². The lowest BCUT2D eigenvalue weighted by Crippen LogP contribution is -2.41. The van der Waals surface area contributed by atoms with Gasteiger partial charge in [-0.2, -0.15) is 0 Å². The number of amides is 2. The molecule has 3 unspecified atom stereocenters. The first kappa shape index (κ1) is 20.2. The summed E-state index contributed by atoms with van der Waals surface area (Å²) in [5.74, 6) is -1.83. The van der Waals surface area contributed by atoms with Crippen LogP contribution >= 0.6 is 0 Å². The first-order chi connectivity index (χ1) is 13.9. The Balaban J connectivity index is 1.71. The average Bonchev–Trinajstić information content (AvgIpc) is 3.11. The van der Waals surface area contributed by atoms with Crippen molar-refractivity contribution in [3.05, 3.63) is 59.8 Å². The summed E-state index contributed by atoms with van der Waals surface area (Å²) in [6.45, 7) is 1.70. The Morgan fingerprint density at radius 3 is 2.72 bits per heavy atom. The number of carbonyl (C=O) groups excluding carboxylic acids is 2. The SMILES string of the molecule is CCC(=O)Nc1cc(C(=O)NC(CC2=CNC3C=CC=CC23)C(=O)O)ccc1N. The number of benzene rings is 1. The van der Waals surface area contributed by atoms with Crippen LogP contribution in [-0.4, -0.2) is 35.0 Å². The summed E-state index contributed by atoms with van der Waals surface area (Å²) in [4.78, 5) is 36.0. The highest BCUT2D eigenvalue weighted by molar-refractivity contribution is 6.00. The Bertz CT molecular complexity index is 919. The molecule has 0 aromatic heterocycles. The maximum absolute atomic E-state index is 12.6. The Labute approximate surface area is 168 Å². The lowest BCUT2D eigenvalue weighted by molar-refractivity contribution is -0.139. The number of aliphatic carboxylic acids is 1. The minimum absolute atomic E-state index is 0.0751. The average molecular weight is 396 g/mol. The van der Waals surface area contributed by atoms with Crippen molar-refractivity contribution in [1.29, 1.82) is 0 Å². The van der Waals surface area contributed by atoms with Crippen LogP contribution in [0, 0.1) is 5.92 Å². The highest BCUT2D eigenvalue weighted by Gasteiger charge is 2.31. The van der Waals surface area contributed by atoms with E-state index in [0.29, 0.717) is 11.4 Å². The molecule has 0 saturated heterocycles. The van der Waals surface area contributed by atoms with Crippen molar-refractivity contribution in [2.45, 2.75) is 31.8 Å². The molecule has 3 atom stereocenters. The molecule has 0 spiro atoms. The number of carbonyl (C=O) groups is 3. The Kier molecular flexibility index (Phi) is 6.01. The molecule has 8 nitrogen and oxygen atoms in total. The van der Waals surface area contributed by atoms with E-state index in [0.717, 1.165) is 5.57 Å². The molecular formula is C21H24N4O4. The van der Waals surface area contributed by atoms with Crippen molar-refractivity contribution in [3.8, 4) is 0 Å². The number of carboxylic acids is 1. The van der Waals surface area contributed by atoms with Crippen LogP contribution in [-0.2, 0) is 9.59 Å². The van der Waals surface area contributed by atoms with Crippen molar-refractivity contribution in [3.63, 3.8) is 0 Å². The van der Waals surface area contributed by atoms with E-state index >= 15 is 0 Å². The zero-order chi connectivity index (χ0) is 21.0. The van der Waals surface area contributed by atoms with Gasteiger partial charge in [-0.05, 0) is 30.0 Å². The Morgan fingerprint density at radius 1 is 1.24 bits per heavy atom. The van der Waals surface area contributed by atoms with E-state index < -0.39 is 17.9 Å². The maximum atomic E-state index is 12.6. The molecule has 6 N–H and O–H groups in total. The largest absolute Gasteiger partial charge is 0.480 e. The number of hydrogen-bond donors (Lipinski definition) is 5. The van der Waals surface area contributed by atoms with Gasteiger partial charge >= 0.3 is 5.97 Å². The molecule has 1 heterocycles. The number of fused-ring (bicyclic) bond motifs is 1. The van der Waals surface area contributed by atoms with Crippen LogP contribution in [0.5, 0.6) is 0 Å². The van der Waals surface area contributed by atoms with E-state index in [1.807, 2.05) is 30.5 Å². The van der Waals surface area contributed by atoms with Crippen molar-refractivity contribution in [2.24, 2.45) is 5.92 Å². The van der Waals surface area contributed by atoms with Gasteiger partial charge in [0.2, 0.25) is 5.91 Å². The molecule has 2 aliphatic rings. The Morgan fingerprint density at radius 2 is 2.00 bits per heavy atom. The van der Waals surface area contributed by atoms with Gasteiger partial charge < -0.3 is 26.8 Å². The normalized spacial score (nSPS) is 20.2. The fraction of sp³-hybridized carbons (Fsp3) is 0.286. The van der Waals surface area contributed by atoms with E-state index in [2.05, 4.69) is 16.0 Å². The molecule has 2 amide bonds. The van der Waals surface area contributed by atoms with Crippen LogP contribution < -0.4 is 21.7 Å². The highest BCUT2D eigenvalue weighted by Crippen LogP contribution is 2.29. The first-order valence-electron chi connectivity index (χ1n) is 9.42. The first-order valence-corrected chi connectivity index (χ1v) is 9.42. The minimum atomic E-state index is -1.12. The number of nitrogen functional groups attached to an aromatic ring is 1. The minimum Gasteiger partial charge on any atom is -0.480 e. The predicted octanol–water partition coefficient (Wildman–Crippen LogP) is 1.79. The zero-order valence-electron chi connectivity index (χ0n) is 16.0. The van der Waals surface area contributed by atoms with Gasteiger partial charge in [0.05, 0.1) is 17.4 Å². The van der Waals surface area contributed by atoms with Gasteiger partial charge in [0.25, 0.3) is 5.91 Å². The van der Waals surface area contributed by atoms with Gasteiger partial charge in [0.15, 0.2) is 0 Å². The lowest BCUT2D eigenvalue weighted by Gasteiger charge is -2.21. The molecule has 1 aliphatic carbocycles. The molecule has 152 valence electrons. The number of carboxylic acid groups (broad SMARTS) is 1. The summed E-state index contributed by atoms with van der Waals surface area (Å²) in [5.41, 5.74) is 7.62. The third kappa shape index (κ3) is 4.66. The van der Waals surface area contributed by atoms with Crippen LogP contribution in [0.1, 0.15) is 30.1 Å². The van der Waals surface area contributed by atoms with Gasteiger partial charge in [0, 0.05) is 24.3 Å². The summed E-state index contributed by atoms with van der Waals surface area (Å²) in [5, 5.41) is 18.0. The van der Waals surface area contributed by atoms with E-state index in [1.165, 1.54) is 18.2 Å². The van der Waals surface area contributed by atoms with Crippen molar-refractivity contribution < 1.29 is 19.5 Å².